The van der Waals surface area contributed by atoms with E-state index >= 15 is 0 Å². The van der Waals surface area contributed by atoms with Crippen molar-refractivity contribution in [3.8, 4) is 5.69 Å². The number of nitrogen functional groups attached to an aromatic ring is 1. The summed E-state index contributed by atoms with van der Waals surface area (Å²) < 4.78 is 8.28. The molecule has 0 bridgehead atoms. The summed E-state index contributed by atoms with van der Waals surface area (Å²) in [6.45, 7) is 7.74. The average molecular weight is 547 g/mol. The Kier molecular flexibility index (Phi) is 6.21. The van der Waals surface area contributed by atoms with Crippen LogP contribution in [0.2, 0.25) is 0 Å². The van der Waals surface area contributed by atoms with Gasteiger partial charge in [0.1, 0.15) is 11.4 Å². The zero-order valence-corrected chi connectivity index (χ0v) is 22.4. The van der Waals surface area contributed by atoms with Crippen LogP contribution < -0.4 is 26.9 Å². The molecular weight excluding hydrogens is 516 g/mol. The van der Waals surface area contributed by atoms with E-state index in [9.17, 15) is 24.0 Å². The first-order valence-electron chi connectivity index (χ1n) is 13.5. The first-order valence-corrected chi connectivity index (χ1v) is 13.5. The zero-order chi connectivity index (χ0) is 28.3. The predicted octanol–water partition coefficient (Wildman–Crippen LogP) is 1.27. The Labute approximate surface area is 228 Å². The molecule has 0 radical (unpaired) electrons. The molecule has 1 saturated heterocycles. The minimum atomic E-state index is -0.713. The highest BCUT2D eigenvalue weighted by Gasteiger charge is 2.34. The second-order valence-corrected chi connectivity index (χ2v) is 10.3. The Morgan fingerprint density at radius 2 is 1.73 bits per heavy atom. The SMILES string of the molecule is CCOC(=O)c1cn(C2CC2)c2cc(N3CCN(CC)CC3)c(-n3c(N)c4c(cc3=O)C(=O)NC4=O)cc2c1=O. The Balaban J connectivity index is 1.65. The number of anilines is 2. The summed E-state index contributed by atoms with van der Waals surface area (Å²) in [7, 11) is 0. The first kappa shape index (κ1) is 25.8. The number of nitrogens with one attached hydrogen (secondary N) is 1. The highest BCUT2D eigenvalue weighted by Crippen LogP contribution is 2.39. The van der Waals surface area contributed by atoms with Gasteiger partial charge >= 0.3 is 5.97 Å². The molecule has 3 aromatic rings. The van der Waals surface area contributed by atoms with Gasteiger partial charge in [0.2, 0.25) is 5.43 Å². The number of carbonyl (C=O) groups excluding carboxylic acids is 3. The zero-order valence-electron chi connectivity index (χ0n) is 22.4. The summed E-state index contributed by atoms with van der Waals surface area (Å²) in [4.78, 5) is 69.1. The summed E-state index contributed by atoms with van der Waals surface area (Å²) >= 11 is 0. The number of esters is 1. The highest BCUT2D eigenvalue weighted by molar-refractivity contribution is 6.23. The van der Waals surface area contributed by atoms with E-state index in [4.69, 9.17) is 10.5 Å². The Bertz CT molecular complexity index is 1710. The van der Waals surface area contributed by atoms with E-state index in [1.807, 2.05) is 10.6 Å². The third-order valence-corrected chi connectivity index (χ3v) is 7.92. The number of ether oxygens (including phenoxy) is 1. The van der Waals surface area contributed by atoms with E-state index in [2.05, 4.69) is 22.0 Å². The van der Waals surface area contributed by atoms with Crippen LogP contribution in [-0.4, -0.2) is 71.1 Å². The van der Waals surface area contributed by atoms with Crippen molar-refractivity contribution in [1.29, 1.82) is 0 Å². The van der Waals surface area contributed by atoms with Crippen LogP contribution in [0, 0.1) is 0 Å². The van der Waals surface area contributed by atoms with Crippen LogP contribution in [0.15, 0.2) is 34.0 Å². The summed E-state index contributed by atoms with van der Waals surface area (Å²) in [6, 6.07) is 4.66. The molecule has 6 rings (SSSR count). The van der Waals surface area contributed by atoms with Gasteiger partial charge in [0, 0.05) is 49.9 Å². The van der Waals surface area contributed by atoms with Crippen LogP contribution in [0.5, 0.6) is 0 Å². The maximum atomic E-state index is 13.7. The predicted molar refractivity (Wildman–Crippen MR) is 149 cm³/mol. The van der Waals surface area contributed by atoms with E-state index in [0.29, 0.717) is 30.0 Å². The molecule has 1 aromatic carbocycles. The minimum Gasteiger partial charge on any atom is -0.462 e. The second-order valence-electron chi connectivity index (χ2n) is 10.3. The lowest BCUT2D eigenvalue weighted by atomic mass is 10.1. The van der Waals surface area contributed by atoms with Gasteiger partial charge in [-0.3, -0.25) is 29.1 Å². The summed E-state index contributed by atoms with van der Waals surface area (Å²) in [5.41, 5.74) is 6.64. The molecule has 4 heterocycles. The minimum absolute atomic E-state index is 0.0802. The van der Waals surface area contributed by atoms with E-state index in [1.54, 1.807) is 19.2 Å². The van der Waals surface area contributed by atoms with Gasteiger partial charge in [0.25, 0.3) is 17.4 Å². The van der Waals surface area contributed by atoms with Gasteiger partial charge in [-0.1, -0.05) is 6.92 Å². The molecule has 0 atom stereocenters. The molecular formula is C28H30N6O6. The van der Waals surface area contributed by atoms with Gasteiger partial charge in [0.05, 0.1) is 34.6 Å². The number of carbonyl (C=O) groups is 3. The molecule has 3 aliphatic rings. The number of pyridine rings is 2. The van der Waals surface area contributed by atoms with Gasteiger partial charge in [-0.25, -0.2) is 4.79 Å². The Hall–Kier alpha value is -4.45. The van der Waals surface area contributed by atoms with Gasteiger partial charge in [0.15, 0.2) is 0 Å². The fourth-order valence-electron chi connectivity index (χ4n) is 5.65. The molecule has 208 valence electrons. The summed E-state index contributed by atoms with van der Waals surface area (Å²) in [6.07, 6.45) is 3.39. The molecule has 3 N–H and O–H groups in total. The number of piperazine rings is 1. The number of hydrogen-bond acceptors (Lipinski definition) is 9. The maximum Gasteiger partial charge on any atom is 0.343 e. The summed E-state index contributed by atoms with van der Waals surface area (Å²) in [5, 5.41) is 2.42. The van der Waals surface area contributed by atoms with Crippen molar-refractivity contribution in [3.05, 3.63) is 61.7 Å². The van der Waals surface area contributed by atoms with E-state index in [1.165, 1.54) is 4.57 Å². The van der Waals surface area contributed by atoms with Gasteiger partial charge in [-0.15, -0.1) is 0 Å². The molecule has 0 spiro atoms. The number of aromatic nitrogens is 2. The topological polar surface area (TPSA) is 149 Å². The number of nitrogens with two attached hydrogens (primary N) is 1. The highest BCUT2D eigenvalue weighted by atomic mass is 16.5. The van der Waals surface area contributed by atoms with Crippen LogP contribution in [0.25, 0.3) is 16.6 Å². The maximum absolute atomic E-state index is 13.7. The molecule has 2 aromatic heterocycles. The standard InChI is InChI=1S/C28H30N6O6/c1-3-31-7-9-32(10-8-31)20-13-19-16(24(36)18(28(39)40-4-2)14-33(19)15-5-6-15)11-21(20)34-22(35)12-17-23(25(34)29)27(38)30-26(17)37/h11-15H,3-10,29H2,1-2H3,(H,30,37,38). The molecule has 12 nitrogen and oxygen atoms in total. The number of nitrogens with zero attached hydrogens (tertiary/aromatic N) is 4. The normalized spacial score (nSPS) is 17.3. The quantitative estimate of drug-likeness (QED) is 0.344. The first-order chi connectivity index (χ1) is 19.2. The molecule has 12 heteroatoms. The van der Waals surface area contributed by atoms with Crippen LogP contribution in [0.3, 0.4) is 0 Å². The van der Waals surface area contributed by atoms with E-state index < -0.39 is 28.8 Å². The number of likely N-dealkylation sites (N-methyl/N-ethyl adjacent to an activating group) is 1. The lowest BCUT2D eigenvalue weighted by molar-refractivity contribution is 0.0523. The number of rotatable bonds is 6. The van der Waals surface area contributed by atoms with Crippen molar-refractivity contribution in [2.45, 2.75) is 32.7 Å². The number of hydrogen-bond donors (Lipinski definition) is 2. The van der Waals surface area contributed by atoms with E-state index in [0.717, 1.165) is 38.5 Å². The number of imide groups is 1. The Morgan fingerprint density at radius 3 is 2.38 bits per heavy atom. The molecule has 2 fully saturated rings. The summed E-state index contributed by atoms with van der Waals surface area (Å²) in [5.74, 6) is -2.28. The van der Waals surface area contributed by atoms with Crippen molar-refractivity contribution in [1.82, 2.24) is 19.4 Å². The number of amides is 2. The van der Waals surface area contributed by atoms with E-state index in [-0.39, 0.29) is 40.5 Å². The molecule has 1 saturated carbocycles. The molecule has 2 amide bonds. The Morgan fingerprint density at radius 1 is 1.00 bits per heavy atom. The third kappa shape index (κ3) is 4.06. The fraction of sp³-hybridized carbons (Fsp3) is 0.393. The third-order valence-electron chi connectivity index (χ3n) is 7.92. The van der Waals surface area contributed by atoms with Crippen molar-refractivity contribution in [3.63, 3.8) is 0 Å². The number of fused-ring (bicyclic) bond motifs is 2. The van der Waals surface area contributed by atoms with Gasteiger partial charge < -0.3 is 24.8 Å². The van der Waals surface area contributed by atoms with Gasteiger partial charge in [-0.05, 0) is 38.4 Å². The number of benzene rings is 1. The lowest BCUT2D eigenvalue weighted by Crippen LogP contribution is -2.46. The fourth-order valence-corrected chi connectivity index (χ4v) is 5.65. The second kappa shape index (κ2) is 9.63. The lowest BCUT2D eigenvalue weighted by Gasteiger charge is -2.37. The largest absolute Gasteiger partial charge is 0.462 e. The van der Waals surface area contributed by atoms with Crippen molar-refractivity contribution in [2.24, 2.45) is 0 Å². The average Bonchev–Trinajstić information content (AvgIpc) is 3.74. The smallest absolute Gasteiger partial charge is 0.343 e. The molecule has 1 aliphatic carbocycles. The van der Waals surface area contributed by atoms with Crippen molar-refractivity contribution < 1.29 is 19.1 Å². The van der Waals surface area contributed by atoms with Crippen LogP contribution >= 0.6 is 0 Å². The monoisotopic (exact) mass is 546 g/mol. The van der Waals surface area contributed by atoms with Crippen molar-refractivity contribution in [2.75, 3.05) is 50.0 Å². The molecule has 2 aliphatic heterocycles. The van der Waals surface area contributed by atoms with Crippen molar-refractivity contribution >= 4 is 40.2 Å². The molecule has 40 heavy (non-hydrogen) atoms. The van der Waals surface area contributed by atoms with Crippen LogP contribution in [0.1, 0.15) is 63.8 Å². The van der Waals surface area contributed by atoms with Crippen LogP contribution in [-0.2, 0) is 4.74 Å². The van der Waals surface area contributed by atoms with Gasteiger partial charge in [-0.2, -0.15) is 0 Å². The molecule has 0 unspecified atom stereocenters. The van der Waals surface area contributed by atoms with Crippen LogP contribution in [0.4, 0.5) is 11.5 Å².